The highest BCUT2D eigenvalue weighted by Gasteiger charge is 2.24. The van der Waals surface area contributed by atoms with Gasteiger partial charge in [-0.3, -0.25) is 9.20 Å². The minimum atomic E-state index is -0.0108. The highest BCUT2D eigenvalue weighted by molar-refractivity contribution is 7.15. The van der Waals surface area contributed by atoms with E-state index in [1.54, 1.807) is 11.3 Å². The molecule has 1 aliphatic rings. The number of aryl methyl sites for hydroxylation is 1. The van der Waals surface area contributed by atoms with Crippen LogP contribution in [0.2, 0.25) is 0 Å². The van der Waals surface area contributed by atoms with Gasteiger partial charge in [-0.15, -0.1) is 11.3 Å². The SMILES string of the molecule is Cc1nc2sccn2c1C(=O)NC1CCCN(CCc2ccccc2)C1. The van der Waals surface area contributed by atoms with E-state index in [0.29, 0.717) is 5.69 Å². The number of piperidine rings is 1. The van der Waals surface area contributed by atoms with Gasteiger partial charge in [0.15, 0.2) is 4.96 Å². The lowest BCUT2D eigenvalue weighted by molar-refractivity contribution is 0.0897. The zero-order chi connectivity index (χ0) is 17.9. The summed E-state index contributed by atoms with van der Waals surface area (Å²) < 4.78 is 1.89. The third kappa shape index (κ3) is 3.66. The fourth-order valence-electron chi connectivity index (χ4n) is 3.73. The highest BCUT2D eigenvalue weighted by atomic mass is 32.1. The van der Waals surface area contributed by atoms with Crippen LogP contribution >= 0.6 is 11.3 Å². The number of amides is 1. The summed E-state index contributed by atoms with van der Waals surface area (Å²) in [5.74, 6) is -0.0108. The average Bonchev–Trinajstić information content (AvgIpc) is 3.21. The predicted molar refractivity (Wildman–Crippen MR) is 105 cm³/mol. The van der Waals surface area contributed by atoms with Gasteiger partial charge in [0.1, 0.15) is 5.69 Å². The van der Waals surface area contributed by atoms with Crippen LogP contribution in [-0.2, 0) is 6.42 Å². The van der Waals surface area contributed by atoms with Crippen LogP contribution in [0.3, 0.4) is 0 Å². The van der Waals surface area contributed by atoms with Gasteiger partial charge in [0.25, 0.3) is 5.91 Å². The molecule has 5 nitrogen and oxygen atoms in total. The first kappa shape index (κ1) is 17.2. The maximum Gasteiger partial charge on any atom is 0.270 e. The smallest absolute Gasteiger partial charge is 0.270 e. The molecule has 3 aromatic rings. The Morgan fingerprint density at radius 3 is 3.04 bits per heavy atom. The Morgan fingerprint density at radius 1 is 1.35 bits per heavy atom. The van der Waals surface area contributed by atoms with Crippen molar-refractivity contribution in [1.29, 1.82) is 0 Å². The Hall–Kier alpha value is -2.18. The summed E-state index contributed by atoms with van der Waals surface area (Å²) >= 11 is 1.55. The molecule has 1 aliphatic heterocycles. The summed E-state index contributed by atoms with van der Waals surface area (Å²) in [6.07, 6.45) is 5.14. The first-order valence-electron chi connectivity index (χ1n) is 9.20. The van der Waals surface area contributed by atoms with Gasteiger partial charge in [-0.1, -0.05) is 30.3 Å². The van der Waals surface area contributed by atoms with Crippen molar-refractivity contribution in [2.45, 2.75) is 32.2 Å². The molecule has 0 aliphatic carbocycles. The number of nitrogens with one attached hydrogen (secondary N) is 1. The van der Waals surface area contributed by atoms with Crippen molar-refractivity contribution in [2.24, 2.45) is 0 Å². The number of likely N-dealkylation sites (tertiary alicyclic amines) is 1. The molecule has 1 saturated heterocycles. The van der Waals surface area contributed by atoms with Gasteiger partial charge in [-0.25, -0.2) is 4.98 Å². The van der Waals surface area contributed by atoms with E-state index >= 15 is 0 Å². The second-order valence-corrected chi connectivity index (χ2v) is 7.82. The second-order valence-electron chi connectivity index (χ2n) is 6.95. The zero-order valence-corrected chi connectivity index (χ0v) is 15.8. The molecule has 6 heteroatoms. The molecule has 1 N–H and O–H groups in total. The molecule has 1 fully saturated rings. The van der Waals surface area contributed by atoms with Crippen LogP contribution in [0, 0.1) is 6.92 Å². The summed E-state index contributed by atoms with van der Waals surface area (Å²) in [7, 11) is 0. The van der Waals surface area contributed by atoms with E-state index in [9.17, 15) is 4.79 Å². The molecular formula is C20H24N4OS. The molecule has 4 rings (SSSR count). The van der Waals surface area contributed by atoms with E-state index in [1.807, 2.05) is 22.9 Å². The Morgan fingerprint density at radius 2 is 2.19 bits per heavy atom. The van der Waals surface area contributed by atoms with Gasteiger partial charge in [0.2, 0.25) is 0 Å². The Bertz CT molecular complexity index is 886. The summed E-state index contributed by atoms with van der Waals surface area (Å²) in [6, 6.07) is 10.8. The first-order chi connectivity index (χ1) is 12.7. The number of hydrogen-bond acceptors (Lipinski definition) is 4. The number of aromatic nitrogens is 2. The maximum atomic E-state index is 12.8. The maximum absolute atomic E-state index is 12.8. The molecule has 1 amide bonds. The molecule has 2 aromatic heterocycles. The number of fused-ring (bicyclic) bond motifs is 1. The van der Waals surface area contributed by atoms with Crippen LogP contribution in [0.15, 0.2) is 41.9 Å². The Balaban J connectivity index is 1.36. The Labute approximate surface area is 157 Å². The van der Waals surface area contributed by atoms with Crippen LogP contribution in [-0.4, -0.2) is 45.9 Å². The lowest BCUT2D eigenvalue weighted by Crippen LogP contribution is -2.48. The molecule has 0 bridgehead atoms. The zero-order valence-electron chi connectivity index (χ0n) is 15.0. The predicted octanol–water partition coefficient (Wildman–Crippen LogP) is 3.14. The van der Waals surface area contributed by atoms with Crippen molar-refractivity contribution in [3.05, 3.63) is 58.9 Å². The van der Waals surface area contributed by atoms with E-state index < -0.39 is 0 Å². The molecule has 3 heterocycles. The van der Waals surface area contributed by atoms with Crippen molar-refractivity contribution in [1.82, 2.24) is 19.6 Å². The molecule has 26 heavy (non-hydrogen) atoms. The van der Waals surface area contributed by atoms with Crippen LogP contribution in [0.25, 0.3) is 4.96 Å². The topological polar surface area (TPSA) is 49.6 Å². The number of rotatable bonds is 5. The molecule has 0 saturated carbocycles. The van der Waals surface area contributed by atoms with Crippen molar-refractivity contribution >= 4 is 22.2 Å². The molecule has 0 spiro atoms. The van der Waals surface area contributed by atoms with E-state index in [1.165, 1.54) is 5.56 Å². The normalized spacial score (nSPS) is 18.3. The van der Waals surface area contributed by atoms with E-state index in [-0.39, 0.29) is 11.9 Å². The van der Waals surface area contributed by atoms with Crippen LogP contribution in [0.5, 0.6) is 0 Å². The van der Waals surface area contributed by atoms with Crippen molar-refractivity contribution in [2.75, 3.05) is 19.6 Å². The van der Waals surface area contributed by atoms with Gasteiger partial charge < -0.3 is 10.2 Å². The minimum Gasteiger partial charge on any atom is -0.347 e. The standard InChI is InChI=1S/C20H24N4OS/c1-15-18(24-12-13-26-20(24)21-15)19(25)22-17-8-5-10-23(14-17)11-9-16-6-3-2-4-7-16/h2-4,6-7,12-13,17H,5,8-11,14H2,1H3,(H,22,25). The summed E-state index contributed by atoms with van der Waals surface area (Å²) in [5.41, 5.74) is 2.84. The van der Waals surface area contributed by atoms with Gasteiger partial charge >= 0.3 is 0 Å². The Kier molecular flexibility index (Phi) is 5.04. The van der Waals surface area contributed by atoms with E-state index in [4.69, 9.17) is 0 Å². The molecule has 136 valence electrons. The molecule has 1 aromatic carbocycles. The fraction of sp³-hybridized carbons (Fsp3) is 0.400. The van der Waals surface area contributed by atoms with Crippen molar-refractivity contribution in [3.8, 4) is 0 Å². The number of imidazole rings is 1. The third-order valence-electron chi connectivity index (χ3n) is 5.05. The number of carbonyl (C=O) groups is 1. The number of hydrogen-bond donors (Lipinski definition) is 1. The largest absolute Gasteiger partial charge is 0.347 e. The van der Waals surface area contributed by atoms with E-state index in [2.05, 4.69) is 45.5 Å². The third-order valence-corrected chi connectivity index (χ3v) is 5.81. The van der Waals surface area contributed by atoms with Gasteiger partial charge in [0.05, 0.1) is 5.69 Å². The number of thiazole rings is 1. The summed E-state index contributed by atoms with van der Waals surface area (Å²) in [6.45, 7) is 4.97. The number of benzene rings is 1. The summed E-state index contributed by atoms with van der Waals surface area (Å²) in [5, 5.41) is 5.20. The average molecular weight is 369 g/mol. The molecular weight excluding hydrogens is 344 g/mol. The first-order valence-corrected chi connectivity index (χ1v) is 10.1. The molecule has 1 unspecified atom stereocenters. The lowest BCUT2D eigenvalue weighted by atomic mass is 10.0. The van der Waals surface area contributed by atoms with Crippen molar-refractivity contribution in [3.63, 3.8) is 0 Å². The van der Waals surface area contributed by atoms with E-state index in [0.717, 1.165) is 49.6 Å². The van der Waals surface area contributed by atoms with Gasteiger partial charge in [-0.2, -0.15) is 0 Å². The number of nitrogens with zero attached hydrogens (tertiary/aromatic N) is 3. The minimum absolute atomic E-state index is 0.0108. The molecule has 0 radical (unpaired) electrons. The molecule has 1 atom stereocenters. The highest BCUT2D eigenvalue weighted by Crippen LogP contribution is 2.18. The van der Waals surface area contributed by atoms with Crippen LogP contribution in [0.4, 0.5) is 0 Å². The van der Waals surface area contributed by atoms with Gasteiger partial charge in [0, 0.05) is 30.7 Å². The monoisotopic (exact) mass is 368 g/mol. The quantitative estimate of drug-likeness (QED) is 0.753. The summed E-state index contributed by atoms with van der Waals surface area (Å²) in [4.78, 5) is 20.6. The van der Waals surface area contributed by atoms with Crippen LogP contribution in [0.1, 0.15) is 34.6 Å². The van der Waals surface area contributed by atoms with Crippen molar-refractivity contribution < 1.29 is 4.79 Å². The van der Waals surface area contributed by atoms with Gasteiger partial charge in [-0.05, 0) is 38.3 Å². The van der Waals surface area contributed by atoms with Crippen LogP contribution < -0.4 is 5.32 Å². The fourth-order valence-corrected chi connectivity index (χ4v) is 4.49. The lowest BCUT2D eigenvalue weighted by Gasteiger charge is -2.33. The number of carbonyl (C=O) groups excluding carboxylic acids is 1. The second kappa shape index (κ2) is 7.60.